The molecule has 0 unspecified atom stereocenters. The van der Waals surface area contributed by atoms with Crippen LogP contribution in [0.4, 0.5) is 0 Å². The summed E-state index contributed by atoms with van der Waals surface area (Å²) in [7, 11) is 4.17. The molecule has 2 aromatic carbocycles. The fourth-order valence-electron chi connectivity index (χ4n) is 2.63. The fraction of sp³-hybridized carbons (Fsp3) is 0.458. The van der Waals surface area contributed by atoms with Gasteiger partial charge in [0.1, 0.15) is 0 Å². The summed E-state index contributed by atoms with van der Waals surface area (Å²) in [4.78, 5) is 10.8. The molecule has 1 aliphatic carbocycles. The van der Waals surface area contributed by atoms with Gasteiger partial charge in [0.25, 0.3) is 0 Å². The first-order chi connectivity index (χ1) is 13.6. The number of halogens is 1. The maximum atomic E-state index is 9.57. The first-order valence-electron chi connectivity index (χ1n) is 9.88. The van der Waals surface area contributed by atoms with E-state index in [1.54, 1.807) is 0 Å². The molecule has 29 heavy (non-hydrogen) atoms. The predicted octanol–water partition coefficient (Wildman–Crippen LogP) is 5.24. The Hall–Kier alpha value is -1.69. The lowest BCUT2D eigenvalue weighted by atomic mass is 9.94. The molecule has 0 heterocycles. The Morgan fingerprint density at radius 3 is 2.14 bits per heavy atom. The van der Waals surface area contributed by atoms with Gasteiger partial charge in [0.15, 0.2) is 0 Å². The van der Waals surface area contributed by atoms with Crippen LogP contribution in [-0.2, 0) is 11.4 Å². The Morgan fingerprint density at radius 1 is 1.17 bits per heavy atom. The summed E-state index contributed by atoms with van der Waals surface area (Å²) in [5.41, 5.74) is 10.6. The van der Waals surface area contributed by atoms with E-state index in [-0.39, 0.29) is 13.0 Å². The number of carbonyl (C=O) groups is 1. The zero-order chi connectivity index (χ0) is 22.2. The summed E-state index contributed by atoms with van der Waals surface area (Å²) in [6.45, 7) is 8.77. The van der Waals surface area contributed by atoms with Crippen LogP contribution in [0, 0.1) is 6.92 Å². The zero-order valence-corrected chi connectivity index (χ0v) is 20.1. The number of aliphatic hydroxyl groups excluding tert-OH is 1. The fourth-order valence-corrected chi connectivity index (χ4v) is 3.12. The number of hydrogen-bond donors (Lipinski definition) is 2. The van der Waals surface area contributed by atoms with Crippen LogP contribution in [0.1, 0.15) is 56.2 Å². The van der Waals surface area contributed by atoms with Gasteiger partial charge in [-0.05, 0) is 94.4 Å². The average Bonchev–Trinajstić information content (AvgIpc) is 3.47. The molecule has 0 saturated heterocycles. The molecule has 1 saturated carbocycles. The van der Waals surface area contributed by atoms with Gasteiger partial charge >= 0.3 is 0 Å². The van der Waals surface area contributed by atoms with Crippen LogP contribution in [0.2, 0.25) is 0 Å². The van der Waals surface area contributed by atoms with Crippen molar-refractivity contribution in [3.8, 4) is 11.1 Å². The smallest absolute Gasteiger partial charge is 0.204 e. The number of nitrogens with zero attached hydrogens (tertiary/aromatic N) is 1. The second kappa shape index (κ2) is 11.5. The summed E-state index contributed by atoms with van der Waals surface area (Å²) < 4.78 is 0.971. The van der Waals surface area contributed by atoms with Crippen LogP contribution < -0.4 is 5.73 Å². The molecule has 4 nitrogen and oxygen atoms in total. The molecule has 0 atom stereocenters. The van der Waals surface area contributed by atoms with Crippen molar-refractivity contribution < 1.29 is 9.90 Å². The van der Waals surface area contributed by atoms with Crippen LogP contribution in [0.3, 0.4) is 0 Å². The number of amides is 1. The highest BCUT2D eigenvalue weighted by Crippen LogP contribution is 2.41. The number of aryl methyl sites for hydroxylation is 1. The van der Waals surface area contributed by atoms with Gasteiger partial charge in [-0.15, -0.1) is 0 Å². The van der Waals surface area contributed by atoms with Crippen LogP contribution in [0.25, 0.3) is 11.1 Å². The van der Waals surface area contributed by atoms with Gasteiger partial charge in [0.2, 0.25) is 6.41 Å². The lowest BCUT2D eigenvalue weighted by Gasteiger charge is -2.27. The molecule has 1 aliphatic rings. The molecule has 3 N–H and O–H groups in total. The summed E-state index contributed by atoms with van der Waals surface area (Å²) in [6.07, 6.45) is 2.91. The molecule has 160 valence electrons. The summed E-state index contributed by atoms with van der Waals surface area (Å²) in [6, 6.07) is 12.8. The normalized spacial score (nSPS) is 13.1. The first kappa shape index (κ1) is 25.3. The van der Waals surface area contributed by atoms with Gasteiger partial charge in [-0.2, -0.15) is 0 Å². The van der Waals surface area contributed by atoms with Crippen LogP contribution in [0.5, 0.6) is 0 Å². The van der Waals surface area contributed by atoms with E-state index in [0.29, 0.717) is 5.54 Å². The minimum Gasteiger partial charge on any atom is -0.392 e. The van der Waals surface area contributed by atoms with Crippen molar-refractivity contribution >= 4 is 22.3 Å². The van der Waals surface area contributed by atoms with Crippen LogP contribution >= 0.6 is 15.9 Å². The van der Waals surface area contributed by atoms with Gasteiger partial charge in [0, 0.05) is 10.0 Å². The highest BCUT2D eigenvalue weighted by Gasteiger charge is 2.24. The number of hydrogen-bond acceptors (Lipinski definition) is 3. The van der Waals surface area contributed by atoms with Gasteiger partial charge < -0.3 is 15.7 Å². The lowest BCUT2D eigenvalue weighted by Crippen LogP contribution is -2.34. The third-order valence-electron chi connectivity index (χ3n) is 5.21. The number of benzene rings is 2. The van der Waals surface area contributed by atoms with Crippen molar-refractivity contribution in [1.82, 2.24) is 4.90 Å². The highest BCUT2D eigenvalue weighted by atomic mass is 79.9. The van der Waals surface area contributed by atoms with E-state index in [1.807, 2.05) is 12.1 Å². The molecule has 0 radical (unpaired) electrons. The van der Waals surface area contributed by atoms with E-state index in [9.17, 15) is 5.11 Å². The van der Waals surface area contributed by atoms with E-state index in [1.165, 1.54) is 29.5 Å². The number of aliphatic hydroxyl groups is 1. The van der Waals surface area contributed by atoms with Crippen molar-refractivity contribution in [3.05, 3.63) is 57.6 Å². The Labute approximate surface area is 184 Å². The molecule has 0 spiro atoms. The quantitative estimate of drug-likeness (QED) is 0.612. The van der Waals surface area contributed by atoms with Crippen molar-refractivity contribution in [2.45, 2.75) is 58.6 Å². The van der Waals surface area contributed by atoms with Crippen LogP contribution in [-0.4, -0.2) is 36.1 Å². The van der Waals surface area contributed by atoms with Crippen molar-refractivity contribution in [2.75, 3.05) is 14.1 Å². The molecule has 0 bridgehead atoms. The second-order valence-electron chi connectivity index (χ2n) is 8.47. The zero-order valence-electron chi connectivity index (χ0n) is 18.5. The molecular formula is C24H35BrN2O2. The van der Waals surface area contributed by atoms with Gasteiger partial charge in [-0.25, -0.2) is 0 Å². The maximum absolute atomic E-state index is 9.57. The predicted molar refractivity (Wildman–Crippen MR) is 126 cm³/mol. The first-order valence-corrected chi connectivity index (χ1v) is 10.7. The summed E-state index contributed by atoms with van der Waals surface area (Å²) in [5.74, 6) is 0.785. The third-order valence-corrected chi connectivity index (χ3v) is 5.95. The molecule has 3 rings (SSSR count). The van der Waals surface area contributed by atoms with Crippen molar-refractivity contribution in [2.24, 2.45) is 5.73 Å². The number of rotatable bonds is 3. The Morgan fingerprint density at radius 2 is 1.72 bits per heavy atom. The number of primary amides is 1. The highest BCUT2D eigenvalue weighted by molar-refractivity contribution is 9.10. The van der Waals surface area contributed by atoms with Gasteiger partial charge in [-0.3, -0.25) is 4.79 Å². The van der Waals surface area contributed by atoms with Crippen molar-refractivity contribution in [1.29, 1.82) is 0 Å². The molecule has 2 aromatic rings. The van der Waals surface area contributed by atoms with E-state index >= 15 is 0 Å². The Bertz CT molecular complexity index is 794. The largest absolute Gasteiger partial charge is 0.392 e. The summed E-state index contributed by atoms with van der Waals surface area (Å²) >= 11 is 3.52. The van der Waals surface area contributed by atoms with Crippen LogP contribution in [0.15, 0.2) is 40.9 Å². The molecule has 1 amide bonds. The lowest BCUT2D eigenvalue weighted by molar-refractivity contribution is -0.106. The number of carbonyl (C=O) groups excluding carboxylic acids is 1. The van der Waals surface area contributed by atoms with Gasteiger partial charge in [0.05, 0.1) is 6.61 Å². The third kappa shape index (κ3) is 7.92. The minimum atomic E-state index is 0.0561. The SMILES string of the molecule is CN(C)C(C)(C)C.Cc1cc(C2CC2)ccc1-c1cccc(Br)c1CO.NC=O. The molecule has 1 fully saturated rings. The minimum absolute atomic E-state index is 0.0561. The molecular weight excluding hydrogens is 428 g/mol. The topological polar surface area (TPSA) is 66.6 Å². The maximum Gasteiger partial charge on any atom is 0.204 e. The molecule has 5 heteroatoms. The van der Waals surface area contributed by atoms with E-state index in [2.05, 4.69) is 92.6 Å². The van der Waals surface area contributed by atoms with E-state index in [4.69, 9.17) is 4.79 Å². The molecule has 0 aromatic heterocycles. The van der Waals surface area contributed by atoms with E-state index in [0.717, 1.165) is 21.5 Å². The number of nitrogens with two attached hydrogens (primary N) is 1. The Kier molecular flexibility index (Phi) is 10.0. The van der Waals surface area contributed by atoms with E-state index < -0.39 is 0 Å². The molecule has 0 aliphatic heterocycles. The van der Waals surface area contributed by atoms with Gasteiger partial charge in [-0.1, -0.05) is 46.3 Å². The standard InChI is InChI=1S/C17H17BrO.C6H15N.CH3NO/c1-11-9-13(12-5-6-12)7-8-14(11)15-3-2-4-17(18)16(15)10-19;1-6(2,3)7(4)5;2-1-3/h2-4,7-9,12,19H,5-6,10H2,1H3;1-5H3;1H,(H2,2,3). The average molecular weight is 463 g/mol. The Balaban J connectivity index is 0.000000355. The van der Waals surface area contributed by atoms with Crippen molar-refractivity contribution in [3.63, 3.8) is 0 Å². The summed E-state index contributed by atoms with van der Waals surface area (Å²) in [5, 5.41) is 9.57. The monoisotopic (exact) mass is 462 g/mol. The second-order valence-corrected chi connectivity index (χ2v) is 9.33.